The number of carboxylic acids is 1. The van der Waals surface area contributed by atoms with Crippen molar-refractivity contribution >= 4 is 23.5 Å². The van der Waals surface area contributed by atoms with Crippen molar-refractivity contribution in [2.24, 2.45) is 0 Å². The van der Waals surface area contributed by atoms with Gasteiger partial charge in [0.05, 0.1) is 5.02 Å². The summed E-state index contributed by atoms with van der Waals surface area (Å²) in [5.74, 6) is -1.71. The van der Waals surface area contributed by atoms with Crippen LogP contribution in [-0.2, 0) is 0 Å². The van der Waals surface area contributed by atoms with Gasteiger partial charge in [-0.05, 0) is 26.0 Å². The van der Waals surface area contributed by atoms with Crippen LogP contribution >= 0.6 is 11.6 Å². The number of nitrogens with zero attached hydrogens (tertiary/aromatic N) is 2. The first-order valence-electron chi connectivity index (χ1n) is 6.19. The number of aromatic carboxylic acids is 1. The fraction of sp³-hybridized carbons (Fsp3) is 0.214. The van der Waals surface area contributed by atoms with E-state index in [4.69, 9.17) is 21.4 Å². The summed E-state index contributed by atoms with van der Waals surface area (Å²) in [5, 5.41) is 13.1. The molecule has 0 fully saturated rings. The average Bonchev–Trinajstić information content (AvgIpc) is 2.87. The molecule has 2 rings (SSSR count). The normalized spacial score (nSPS) is 10.7. The van der Waals surface area contributed by atoms with Gasteiger partial charge in [-0.15, -0.1) is 0 Å². The van der Waals surface area contributed by atoms with Gasteiger partial charge in [-0.3, -0.25) is 4.68 Å². The summed E-state index contributed by atoms with van der Waals surface area (Å²) >= 11 is 5.92. The maximum absolute atomic E-state index is 12.2. The van der Waals surface area contributed by atoms with Gasteiger partial charge in [0.25, 0.3) is 0 Å². The van der Waals surface area contributed by atoms with Crippen LogP contribution in [0.1, 0.15) is 40.9 Å². The Morgan fingerprint density at radius 2 is 2.00 bits per heavy atom. The van der Waals surface area contributed by atoms with Crippen LogP contribution in [0.4, 0.5) is 0 Å². The molecule has 0 spiro atoms. The van der Waals surface area contributed by atoms with Crippen molar-refractivity contribution in [1.82, 2.24) is 9.78 Å². The zero-order valence-electron chi connectivity index (χ0n) is 11.4. The molecular formula is C14H13ClN2O4. The van der Waals surface area contributed by atoms with Gasteiger partial charge in [-0.25, -0.2) is 9.59 Å². The predicted molar refractivity (Wildman–Crippen MR) is 76.0 cm³/mol. The molecule has 1 aromatic heterocycles. The van der Waals surface area contributed by atoms with Gasteiger partial charge in [0, 0.05) is 12.1 Å². The van der Waals surface area contributed by atoms with Crippen LogP contribution in [0, 0.1) is 0 Å². The lowest BCUT2D eigenvalue weighted by atomic mass is 10.3. The Kier molecular flexibility index (Phi) is 4.28. The summed E-state index contributed by atoms with van der Waals surface area (Å²) in [7, 11) is 0. The second-order valence-electron chi connectivity index (χ2n) is 4.58. The highest BCUT2D eigenvalue weighted by atomic mass is 35.5. The highest BCUT2D eigenvalue weighted by Crippen LogP contribution is 2.24. The van der Waals surface area contributed by atoms with Gasteiger partial charge >= 0.3 is 11.9 Å². The Morgan fingerprint density at radius 1 is 1.33 bits per heavy atom. The van der Waals surface area contributed by atoms with Gasteiger partial charge in [-0.1, -0.05) is 23.7 Å². The van der Waals surface area contributed by atoms with Crippen molar-refractivity contribution in [1.29, 1.82) is 0 Å². The van der Waals surface area contributed by atoms with Crippen LogP contribution in [0.25, 0.3) is 0 Å². The van der Waals surface area contributed by atoms with E-state index in [1.165, 1.54) is 10.7 Å². The molecule has 0 amide bonds. The van der Waals surface area contributed by atoms with Crippen LogP contribution in [0.15, 0.2) is 30.3 Å². The number of aromatic nitrogens is 2. The Labute approximate surface area is 125 Å². The number of esters is 1. The van der Waals surface area contributed by atoms with Crippen molar-refractivity contribution in [2.45, 2.75) is 19.9 Å². The number of hydrogen-bond acceptors (Lipinski definition) is 4. The second-order valence-corrected chi connectivity index (χ2v) is 4.99. The third-order valence-electron chi connectivity index (χ3n) is 2.69. The smallest absolute Gasteiger partial charge is 0.362 e. The molecule has 6 nitrogen and oxygen atoms in total. The van der Waals surface area contributed by atoms with Crippen molar-refractivity contribution in [3.8, 4) is 5.75 Å². The van der Waals surface area contributed by atoms with E-state index in [0.717, 1.165) is 0 Å². The van der Waals surface area contributed by atoms with Crippen molar-refractivity contribution in [3.05, 3.63) is 46.7 Å². The van der Waals surface area contributed by atoms with Crippen LogP contribution in [-0.4, -0.2) is 26.8 Å². The van der Waals surface area contributed by atoms with E-state index in [1.807, 2.05) is 0 Å². The number of carbonyl (C=O) groups is 2. The molecule has 0 saturated carbocycles. The lowest BCUT2D eigenvalue weighted by molar-refractivity contribution is 0.0686. The quantitative estimate of drug-likeness (QED) is 0.693. The maximum atomic E-state index is 12.2. The summed E-state index contributed by atoms with van der Waals surface area (Å²) in [4.78, 5) is 23.2. The van der Waals surface area contributed by atoms with E-state index in [1.54, 1.807) is 38.1 Å². The molecule has 110 valence electrons. The van der Waals surface area contributed by atoms with E-state index < -0.39 is 11.9 Å². The topological polar surface area (TPSA) is 81.4 Å². The number of para-hydroxylation sites is 1. The van der Waals surface area contributed by atoms with Gasteiger partial charge < -0.3 is 9.84 Å². The van der Waals surface area contributed by atoms with Crippen LogP contribution in [0.5, 0.6) is 5.75 Å². The van der Waals surface area contributed by atoms with E-state index in [2.05, 4.69) is 5.10 Å². The highest BCUT2D eigenvalue weighted by molar-refractivity contribution is 6.32. The van der Waals surface area contributed by atoms with Gasteiger partial charge in [0.2, 0.25) is 0 Å². The Bertz CT molecular complexity index is 694. The number of ether oxygens (including phenoxy) is 1. The molecular weight excluding hydrogens is 296 g/mol. The average molecular weight is 309 g/mol. The molecule has 0 radical (unpaired) electrons. The van der Waals surface area contributed by atoms with Gasteiger partial charge in [0.1, 0.15) is 11.4 Å². The number of carbonyl (C=O) groups excluding carboxylic acids is 1. The summed E-state index contributed by atoms with van der Waals surface area (Å²) in [6.07, 6.45) is 0. The molecule has 2 aromatic rings. The fourth-order valence-electron chi connectivity index (χ4n) is 1.72. The molecule has 1 heterocycles. The van der Waals surface area contributed by atoms with Gasteiger partial charge in [0.15, 0.2) is 5.69 Å². The number of rotatable bonds is 4. The first-order chi connectivity index (χ1) is 9.90. The number of carboxylic acid groups (broad SMARTS) is 1. The third kappa shape index (κ3) is 3.22. The Morgan fingerprint density at radius 3 is 2.57 bits per heavy atom. The summed E-state index contributed by atoms with van der Waals surface area (Å²) < 4.78 is 6.50. The Balaban J connectivity index is 2.35. The zero-order valence-corrected chi connectivity index (χ0v) is 12.2. The molecule has 0 saturated heterocycles. The molecule has 0 unspecified atom stereocenters. The zero-order chi connectivity index (χ0) is 15.6. The van der Waals surface area contributed by atoms with Crippen LogP contribution < -0.4 is 4.74 Å². The molecule has 7 heteroatoms. The van der Waals surface area contributed by atoms with E-state index in [-0.39, 0.29) is 23.2 Å². The standard InChI is InChI=1S/C14H13ClN2O4/c1-8(2)17-11(7-10(16-17)13(18)19)14(20)21-12-6-4-3-5-9(12)15/h3-8H,1-2H3,(H,18,19). The lowest BCUT2D eigenvalue weighted by Crippen LogP contribution is -2.17. The summed E-state index contributed by atoms with van der Waals surface area (Å²) in [6.45, 7) is 3.57. The van der Waals surface area contributed by atoms with Crippen LogP contribution in [0.2, 0.25) is 5.02 Å². The largest absolute Gasteiger partial charge is 0.476 e. The van der Waals surface area contributed by atoms with E-state index in [9.17, 15) is 9.59 Å². The molecule has 1 aromatic carbocycles. The predicted octanol–water partition coefficient (Wildman–Crippen LogP) is 3.03. The minimum Gasteiger partial charge on any atom is -0.476 e. The molecule has 0 aliphatic carbocycles. The minimum absolute atomic E-state index is 0.0577. The third-order valence-corrected chi connectivity index (χ3v) is 3.00. The van der Waals surface area contributed by atoms with Gasteiger partial charge in [-0.2, -0.15) is 5.10 Å². The van der Waals surface area contributed by atoms with Crippen LogP contribution in [0.3, 0.4) is 0 Å². The van der Waals surface area contributed by atoms with Crippen molar-refractivity contribution in [3.63, 3.8) is 0 Å². The highest BCUT2D eigenvalue weighted by Gasteiger charge is 2.22. The molecule has 1 N–H and O–H groups in total. The number of halogens is 1. The molecule has 0 aliphatic heterocycles. The summed E-state index contributed by atoms with van der Waals surface area (Å²) in [5.41, 5.74) is -0.155. The SMILES string of the molecule is CC(C)n1nc(C(=O)O)cc1C(=O)Oc1ccccc1Cl. The lowest BCUT2D eigenvalue weighted by Gasteiger charge is -2.10. The minimum atomic E-state index is -1.21. The van der Waals surface area contributed by atoms with Crippen molar-refractivity contribution in [2.75, 3.05) is 0 Å². The second kappa shape index (κ2) is 5.97. The molecule has 21 heavy (non-hydrogen) atoms. The molecule has 0 atom stereocenters. The number of hydrogen-bond donors (Lipinski definition) is 1. The molecule has 0 bridgehead atoms. The summed E-state index contributed by atoms with van der Waals surface area (Å²) in [6, 6.07) is 7.52. The first-order valence-corrected chi connectivity index (χ1v) is 6.57. The van der Waals surface area contributed by atoms with E-state index in [0.29, 0.717) is 5.02 Å². The van der Waals surface area contributed by atoms with E-state index >= 15 is 0 Å². The fourth-order valence-corrected chi connectivity index (χ4v) is 1.90. The maximum Gasteiger partial charge on any atom is 0.362 e. The molecule has 0 aliphatic rings. The monoisotopic (exact) mass is 308 g/mol. The number of benzene rings is 1. The first kappa shape index (κ1) is 15.1. The Hall–Kier alpha value is -2.34. The van der Waals surface area contributed by atoms with Crippen molar-refractivity contribution < 1.29 is 19.4 Å².